The number of aromatic nitrogens is 2. The van der Waals surface area contributed by atoms with E-state index >= 15 is 0 Å². The fourth-order valence-electron chi connectivity index (χ4n) is 1.80. The number of benzene rings is 1. The maximum Gasteiger partial charge on any atom is 0.251 e. The predicted molar refractivity (Wildman–Crippen MR) is 69.1 cm³/mol. The molecule has 0 aliphatic carbocycles. The Morgan fingerprint density at radius 1 is 1.28 bits per heavy atom. The fraction of sp³-hybridized carbons (Fsp3) is 0.286. The Hall–Kier alpha value is -1.97. The Kier molecular flexibility index (Phi) is 3.28. The number of aryl methyl sites for hydroxylation is 1. The van der Waals surface area contributed by atoms with Gasteiger partial charge in [0.1, 0.15) is 11.6 Å². The third-order valence-electron chi connectivity index (χ3n) is 2.77. The highest BCUT2D eigenvalue weighted by molar-refractivity contribution is 5.63. The largest absolute Gasteiger partial charge is 0.310 e. The number of rotatable bonds is 2. The van der Waals surface area contributed by atoms with Crippen molar-refractivity contribution >= 4 is 0 Å². The zero-order valence-electron chi connectivity index (χ0n) is 10.6. The Balaban J connectivity index is 2.60. The van der Waals surface area contributed by atoms with Crippen LogP contribution in [-0.2, 0) is 0 Å². The lowest BCUT2D eigenvalue weighted by atomic mass is 10.0. The molecule has 0 aliphatic rings. The minimum atomic E-state index is -0.287. The summed E-state index contributed by atoms with van der Waals surface area (Å²) in [5.41, 5.74) is 1.94. The van der Waals surface area contributed by atoms with Crippen molar-refractivity contribution in [3.05, 3.63) is 51.8 Å². The van der Waals surface area contributed by atoms with Gasteiger partial charge in [-0.1, -0.05) is 13.8 Å². The molecule has 3 nitrogen and oxygen atoms in total. The van der Waals surface area contributed by atoms with E-state index in [9.17, 15) is 9.18 Å². The molecule has 0 radical (unpaired) electrons. The van der Waals surface area contributed by atoms with Crippen LogP contribution in [0.3, 0.4) is 0 Å². The molecule has 0 aliphatic heterocycles. The molecular formula is C14H15FN2O. The summed E-state index contributed by atoms with van der Waals surface area (Å²) in [6.45, 7) is 5.72. The summed E-state index contributed by atoms with van der Waals surface area (Å²) in [4.78, 5) is 18.7. The van der Waals surface area contributed by atoms with Crippen molar-refractivity contribution in [3.8, 4) is 11.3 Å². The van der Waals surface area contributed by atoms with Gasteiger partial charge in [0.25, 0.3) is 5.56 Å². The van der Waals surface area contributed by atoms with Crippen molar-refractivity contribution in [2.45, 2.75) is 26.7 Å². The van der Waals surface area contributed by atoms with Gasteiger partial charge in [-0.25, -0.2) is 9.37 Å². The molecule has 2 rings (SSSR count). The number of nitrogens with zero attached hydrogens (tertiary/aromatic N) is 1. The van der Waals surface area contributed by atoms with Crippen LogP contribution in [0.15, 0.2) is 29.1 Å². The highest BCUT2D eigenvalue weighted by atomic mass is 19.1. The Bertz CT molecular complexity index is 632. The number of H-pyrrole nitrogens is 1. The number of halogens is 1. The molecule has 18 heavy (non-hydrogen) atoms. The van der Waals surface area contributed by atoms with Gasteiger partial charge in [-0.05, 0) is 30.7 Å². The lowest BCUT2D eigenvalue weighted by molar-refractivity contribution is 0.627. The lowest BCUT2D eigenvalue weighted by Gasteiger charge is -2.09. The molecule has 2 aromatic rings. The second-order valence-corrected chi connectivity index (χ2v) is 4.63. The van der Waals surface area contributed by atoms with Gasteiger partial charge < -0.3 is 4.98 Å². The van der Waals surface area contributed by atoms with Crippen molar-refractivity contribution in [1.82, 2.24) is 9.97 Å². The van der Waals surface area contributed by atoms with Crippen LogP contribution >= 0.6 is 0 Å². The lowest BCUT2D eigenvalue weighted by Crippen LogP contribution is -2.12. The third kappa shape index (κ3) is 2.47. The molecule has 0 saturated heterocycles. The predicted octanol–water partition coefficient (Wildman–Crippen LogP) is 3.01. The molecule has 1 heterocycles. The molecule has 0 atom stereocenters. The van der Waals surface area contributed by atoms with Gasteiger partial charge in [0.2, 0.25) is 0 Å². The molecule has 0 fully saturated rings. The van der Waals surface area contributed by atoms with E-state index in [-0.39, 0.29) is 17.3 Å². The van der Waals surface area contributed by atoms with Crippen LogP contribution in [0.4, 0.5) is 4.39 Å². The van der Waals surface area contributed by atoms with Gasteiger partial charge >= 0.3 is 0 Å². The van der Waals surface area contributed by atoms with Gasteiger partial charge in [-0.3, -0.25) is 4.79 Å². The number of hydrogen-bond donors (Lipinski definition) is 1. The summed E-state index contributed by atoms with van der Waals surface area (Å²) in [5, 5.41) is 0. The summed E-state index contributed by atoms with van der Waals surface area (Å²) in [6, 6.07) is 5.90. The topological polar surface area (TPSA) is 45.8 Å². The van der Waals surface area contributed by atoms with Crippen molar-refractivity contribution in [1.29, 1.82) is 0 Å². The van der Waals surface area contributed by atoms with E-state index in [4.69, 9.17) is 0 Å². The third-order valence-corrected chi connectivity index (χ3v) is 2.77. The van der Waals surface area contributed by atoms with E-state index in [0.29, 0.717) is 11.5 Å². The van der Waals surface area contributed by atoms with Crippen LogP contribution in [-0.4, -0.2) is 9.97 Å². The number of aromatic amines is 1. The number of hydrogen-bond acceptors (Lipinski definition) is 2. The smallest absolute Gasteiger partial charge is 0.251 e. The Labute approximate surface area is 105 Å². The maximum atomic E-state index is 13.1. The van der Waals surface area contributed by atoms with Crippen molar-refractivity contribution < 1.29 is 4.39 Å². The SMILES string of the molecule is Cc1cc(F)ccc1-c1cc(=O)[nH]c(C(C)C)n1. The first kappa shape index (κ1) is 12.5. The average Bonchev–Trinajstić information content (AvgIpc) is 2.27. The highest BCUT2D eigenvalue weighted by Crippen LogP contribution is 2.22. The fourth-order valence-corrected chi connectivity index (χ4v) is 1.80. The summed E-state index contributed by atoms with van der Waals surface area (Å²) < 4.78 is 13.1. The van der Waals surface area contributed by atoms with E-state index in [1.807, 2.05) is 13.8 Å². The summed E-state index contributed by atoms with van der Waals surface area (Å²) in [6.07, 6.45) is 0. The first-order chi connectivity index (χ1) is 8.47. The molecule has 1 N–H and O–H groups in total. The van der Waals surface area contributed by atoms with Crippen LogP contribution in [0.5, 0.6) is 0 Å². The maximum absolute atomic E-state index is 13.1. The summed E-state index contributed by atoms with van der Waals surface area (Å²) in [5.74, 6) is 0.491. The van der Waals surface area contributed by atoms with Gasteiger partial charge in [0, 0.05) is 17.5 Å². The van der Waals surface area contributed by atoms with Crippen LogP contribution in [0.1, 0.15) is 31.2 Å². The summed E-state index contributed by atoms with van der Waals surface area (Å²) >= 11 is 0. The average molecular weight is 246 g/mol. The van der Waals surface area contributed by atoms with E-state index < -0.39 is 0 Å². The van der Waals surface area contributed by atoms with Crippen molar-refractivity contribution in [2.24, 2.45) is 0 Å². The highest BCUT2D eigenvalue weighted by Gasteiger charge is 2.09. The second kappa shape index (κ2) is 4.72. The van der Waals surface area contributed by atoms with E-state index in [0.717, 1.165) is 11.1 Å². The summed E-state index contributed by atoms with van der Waals surface area (Å²) in [7, 11) is 0. The van der Waals surface area contributed by atoms with E-state index in [1.54, 1.807) is 13.0 Å². The van der Waals surface area contributed by atoms with Gasteiger partial charge in [0.15, 0.2) is 0 Å². The van der Waals surface area contributed by atoms with Gasteiger partial charge in [0.05, 0.1) is 5.69 Å². The first-order valence-electron chi connectivity index (χ1n) is 5.85. The van der Waals surface area contributed by atoms with Gasteiger partial charge in [-0.2, -0.15) is 0 Å². The first-order valence-corrected chi connectivity index (χ1v) is 5.85. The van der Waals surface area contributed by atoms with Crippen LogP contribution in [0, 0.1) is 12.7 Å². The molecule has 4 heteroatoms. The Morgan fingerprint density at radius 2 is 2.00 bits per heavy atom. The molecule has 0 amide bonds. The number of nitrogens with one attached hydrogen (secondary N) is 1. The molecule has 1 aromatic heterocycles. The molecule has 0 saturated carbocycles. The monoisotopic (exact) mass is 246 g/mol. The molecule has 0 bridgehead atoms. The standard InChI is InChI=1S/C14H15FN2O/c1-8(2)14-16-12(7-13(18)17-14)11-5-4-10(15)6-9(11)3/h4-8H,1-3H3,(H,16,17,18). The van der Waals surface area contributed by atoms with E-state index in [2.05, 4.69) is 9.97 Å². The molecule has 94 valence electrons. The van der Waals surface area contributed by atoms with Gasteiger partial charge in [-0.15, -0.1) is 0 Å². The van der Waals surface area contributed by atoms with Crippen molar-refractivity contribution in [3.63, 3.8) is 0 Å². The zero-order chi connectivity index (χ0) is 13.3. The quantitative estimate of drug-likeness (QED) is 0.885. The molecule has 0 unspecified atom stereocenters. The Morgan fingerprint density at radius 3 is 2.61 bits per heavy atom. The molecule has 0 spiro atoms. The van der Waals surface area contributed by atoms with Crippen LogP contribution < -0.4 is 5.56 Å². The van der Waals surface area contributed by atoms with Crippen LogP contribution in [0.2, 0.25) is 0 Å². The van der Waals surface area contributed by atoms with E-state index in [1.165, 1.54) is 18.2 Å². The molecule has 1 aromatic carbocycles. The molecular weight excluding hydrogens is 231 g/mol. The normalized spacial score (nSPS) is 10.9. The van der Waals surface area contributed by atoms with Crippen molar-refractivity contribution in [2.75, 3.05) is 0 Å². The minimum Gasteiger partial charge on any atom is -0.310 e. The zero-order valence-corrected chi connectivity index (χ0v) is 10.6. The second-order valence-electron chi connectivity index (χ2n) is 4.63. The minimum absolute atomic E-state index is 0.137. The van der Waals surface area contributed by atoms with Crippen LogP contribution in [0.25, 0.3) is 11.3 Å².